The molecule has 2 heterocycles. The minimum atomic E-state index is -0.243. The topological polar surface area (TPSA) is 45.7 Å². The van der Waals surface area contributed by atoms with E-state index in [1.165, 1.54) is 12.1 Å². The number of ether oxygens (including phenoxy) is 1. The summed E-state index contributed by atoms with van der Waals surface area (Å²) in [6, 6.07) is 4.82. The molecule has 2 aliphatic rings. The molecule has 2 aliphatic heterocycles. The highest BCUT2D eigenvalue weighted by molar-refractivity contribution is 7.99. The van der Waals surface area contributed by atoms with Gasteiger partial charge in [-0.25, -0.2) is 4.39 Å². The predicted octanol–water partition coefficient (Wildman–Crippen LogP) is 2.67. The number of hydrogen-bond acceptors (Lipinski definition) is 4. The summed E-state index contributed by atoms with van der Waals surface area (Å²) in [7, 11) is 0. The SMILES string of the molecule is Fc1ccc2c(c1)/C(=N\NC(=S)NC[C@H]1CCCO1)CCS2. The minimum Gasteiger partial charge on any atom is -0.376 e. The second kappa shape index (κ2) is 7.39. The van der Waals surface area contributed by atoms with Crippen LogP contribution in [0.15, 0.2) is 28.2 Å². The highest BCUT2D eigenvalue weighted by atomic mass is 32.2. The maximum atomic E-state index is 13.4. The Morgan fingerprint density at radius 2 is 2.41 bits per heavy atom. The second-order valence-corrected chi connectivity index (χ2v) is 6.80. The van der Waals surface area contributed by atoms with Crippen LogP contribution in [0.5, 0.6) is 0 Å². The Hall–Kier alpha value is -1.18. The zero-order valence-corrected chi connectivity index (χ0v) is 13.7. The van der Waals surface area contributed by atoms with Crippen LogP contribution in [-0.2, 0) is 4.74 Å². The lowest BCUT2D eigenvalue weighted by Gasteiger charge is -2.18. The first-order valence-corrected chi connectivity index (χ1v) is 8.76. The van der Waals surface area contributed by atoms with Crippen molar-refractivity contribution in [3.63, 3.8) is 0 Å². The molecule has 4 nitrogen and oxygen atoms in total. The first-order valence-electron chi connectivity index (χ1n) is 7.37. The Kier molecular flexibility index (Phi) is 5.28. The number of halogens is 1. The molecule has 0 aliphatic carbocycles. The molecule has 22 heavy (non-hydrogen) atoms. The van der Waals surface area contributed by atoms with Crippen molar-refractivity contribution in [3.8, 4) is 0 Å². The van der Waals surface area contributed by atoms with Gasteiger partial charge in [-0.3, -0.25) is 5.43 Å². The van der Waals surface area contributed by atoms with Gasteiger partial charge in [-0.2, -0.15) is 5.10 Å². The van der Waals surface area contributed by atoms with Gasteiger partial charge in [-0.05, 0) is 43.3 Å². The van der Waals surface area contributed by atoms with E-state index in [4.69, 9.17) is 17.0 Å². The first-order chi connectivity index (χ1) is 10.7. The molecule has 3 rings (SSSR count). The number of rotatable bonds is 3. The standard InChI is InChI=1S/C15H18FN3OS2/c16-10-3-4-14-12(8-10)13(5-7-22-14)18-19-15(21)17-9-11-2-1-6-20-11/h3-4,8,11H,1-2,5-7,9H2,(H2,17,19,21)/b18-13-/t11-/m1/s1. The third-order valence-corrected chi connectivity index (χ3v) is 4.97. The highest BCUT2D eigenvalue weighted by Gasteiger charge is 2.18. The lowest BCUT2D eigenvalue weighted by molar-refractivity contribution is 0.114. The molecule has 0 bridgehead atoms. The molecule has 0 unspecified atom stereocenters. The van der Waals surface area contributed by atoms with E-state index in [1.54, 1.807) is 17.8 Å². The molecule has 0 radical (unpaired) electrons. The number of benzene rings is 1. The van der Waals surface area contributed by atoms with E-state index in [9.17, 15) is 4.39 Å². The summed E-state index contributed by atoms with van der Waals surface area (Å²) >= 11 is 6.94. The van der Waals surface area contributed by atoms with Crippen LogP contribution in [0.2, 0.25) is 0 Å². The van der Waals surface area contributed by atoms with Gasteiger partial charge in [0.25, 0.3) is 0 Å². The summed E-state index contributed by atoms with van der Waals surface area (Å²) < 4.78 is 19.0. The Morgan fingerprint density at radius 3 is 3.23 bits per heavy atom. The van der Waals surface area contributed by atoms with Crippen molar-refractivity contribution in [2.45, 2.75) is 30.3 Å². The van der Waals surface area contributed by atoms with Crippen molar-refractivity contribution < 1.29 is 9.13 Å². The fraction of sp³-hybridized carbons (Fsp3) is 0.467. The smallest absolute Gasteiger partial charge is 0.187 e. The monoisotopic (exact) mass is 339 g/mol. The van der Waals surface area contributed by atoms with E-state index >= 15 is 0 Å². The van der Waals surface area contributed by atoms with Crippen LogP contribution in [-0.4, -0.2) is 35.8 Å². The van der Waals surface area contributed by atoms with E-state index in [0.717, 1.165) is 47.8 Å². The molecule has 1 aromatic rings. The number of thiocarbonyl (C=S) groups is 1. The van der Waals surface area contributed by atoms with Gasteiger partial charge in [0.1, 0.15) is 5.82 Å². The van der Waals surface area contributed by atoms with Crippen LogP contribution in [0.4, 0.5) is 4.39 Å². The molecule has 0 aromatic heterocycles. The zero-order chi connectivity index (χ0) is 15.4. The molecule has 2 N–H and O–H groups in total. The number of fused-ring (bicyclic) bond motifs is 1. The van der Waals surface area contributed by atoms with Crippen LogP contribution in [0.3, 0.4) is 0 Å². The molecule has 1 saturated heterocycles. The Balaban J connectivity index is 1.58. The van der Waals surface area contributed by atoms with Crippen molar-refractivity contribution in [1.82, 2.24) is 10.7 Å². The molecule has 0 amide bonds. The van der Waals surface area contributed by atoms with Crippen molar-refractivity contribution in [2.24, 2.45) is 5.10 Å². The molecule has 7 heteroatoms. The number of nitrogens with one attached hydrogen (secondary N) is 2. The van der Waals surface area contributed by atoms with Gasteiger partial charge in [-0.15, -0.1) is 11.8 Å². The lowest BCUT2D eigenvalue weighted by Crippen LogP contribution is -2.37. The Morgan fingerprint density at radius 1 is 1.50 bits per heavy atom. The molecule has 1 aromatic carbocycles. The van der Waals surface area contributed by atoms with Crippen LogP contribution in [0.1, 0.15) is 24.8 Å². The van der Waals surface area contributed by atoms with Crippen LogP contribution in [0, 0.1) is 5.82 Å². The van der Waals surface area contributed by atoms with Gasteiger partial charge in [0.15, 0.2) is 5.11 Å². The maximum Gasteiger partial charge on any atom is 0.187 e. The largest absolute Gasteiger partial charge is 0.376 e. The van der Waals surface area contributed by atoms with Gasteiger partial charge >= 0.3 is 0 Å². The fourth-order valence-corrected chi connectivity index (χ4v) is 3.67. The lowest BCUT2D eigenvalue weighted by atomic mass is 10.1. The van der Waals surface area contributed by atoms with Gasteiger partial charge in [0.2, 0.25) is 0 Å². The molecule has 118 valence electrons. The normalized spacial score (nSPS) is 22.4. The number of nitrogens with zero attached hydrogens (tertiary/aromatic N) is 1. The first kappa shape index (κ1) is 15.7. The third-order valence-electron chi connectivity index (χ3n) is 3.66. The maximum absolute atomic E-state index is 13.4. The minimum absolute atomic E-state index is 0.230. The molecule has 1 fully saturated rings. The van der Waals surface area contributed by atoms with E-state index in [-0.39, 0.29) is 11.9 Å². The second-order valence-electron chi connectivity index (χ2n) is 5.25. The van der Waals surface area contributed by atoms with Crippen molar-refractivity contribution in [3.05, 3.63) is 29.6 Å². The summed E-state index contributed by atoms with van der Waals surface area (Å²) in [5.74, 6) is 0.697. The third kappa shape index (κ3) is 3.97. The summed E-state index contributed by atoms with van der Waals surface area (Å²) in [6.07, 6.45) is 3.19. The van der Waals surface area contributed by atoms with Gasteiger partial charge in [0.05, 0.1) is 11.8 Å². The average molecular weight is 339 g/mol. The summed E-state index contributed by atoms with van der Waals surface area (Å²) in [5.41, 5.74) is 4.55. The fourth-order valence-electron chi connectivity index (χ4n) is 2.53. The predicted molar refractivity (Wildman–Crippen MR) is 91.0 cm³/mol. The van der Waals surface area contributed by atoms with Gasteiger partial charge in [-0.1, -0.05) is 0 Å². The number of hydrazone groups is 1. The highest BCUT2D eigenvalue weighted by Crippen LogP contribution is 2.30. The van der Waals surface area contributed by atoms with E-state index < -0.39 is 0 Å². The average Bonchev–Trinajstić information content (AvgIpc) is 3.04. The van der Waals surface area contributed by atoms with Crippen molar-refractivity contribution in [1.29, 1.82) is 0 Å². The Labute approximate surface area is 138 Å². The van der Waals surface area contributed by atoms with E-state index in [1.807, 2.05) is 0 Å². The molecular formula is C15H18FN3OS2. The molecule has 1 atom stereocenters. The van der Waals surface area contributed by atoms with Crippen LogP contribution in [0.25, 0.3) is 0 Å². The van der Waals surface area contributed by atoms with E-state index in [2.05, 4.69) is 15.8 Å². The van der Waals surface area contributed by atoms with Crippen molar-refractivity contribution >= 4 is 34.8 Å². The Bertz CT molecular complexity index is 588. The van der Waals surface area contributed by atoms with Crippen LogP contribution < -0.4 is 10.7 Å². The zero-order valence-electron chi connectivity index (χ0n) is 12.1. The van der Waals surface area contributed by atoms with Crippen LogP contribution >= 0.6 is 24.0 Å². The van der Waals surface area contributed by atoms with E-state index in [0.29, 0.717) is 11.7 Å². The molecular weight excluding hydrogens is 321 g/mol. The number of hydrogen-bond donors (Lipinski definition) is 2. The van der Waals surface area contributed by atoms with Crippen molar-refractivity contribution in [2.75, 3.05) is 18.9 Å². The van der Waals surface area contributed by atoms with Gasteiger partial charge < -0.3 is 10.1 Å². The summed E-state index contributed by atoms with van der Waals surface area (Å²) in [4.78, 5) is 1.06. The van der Waals surface area contributed by atoms with Gasteiger partial charge in [0, 0.05) is 35.8 Å². The molecule has 0 saturated carbocycles. The summed E-state index contributed by atoms with van der Waals surface area (Å²) in [6.45, 7) is 1.52. The molecule has 0 spiro atoms. The number of thioether (sulfide) groups is 1. The summed E-state index contributed by atoms with van der Waals surface area (Å²) in [5, 5.41) is 7.93. The quantitative estimate of drug-likeness (QED) is 0.655.